The summed E-state index contributed by atoms with van der Waals surface area (Å²) in [5.74, 6) is 2.75. The van der Waals surface area contributed by atoms with Gasteiger partial charge in [0, 0.05) is 28.7 Å². The third-order valence-electron chi connectivity index (χ3n) is 4.33. The highest BCUT2D eigenvalue weighted by Crippen LogP contribution is 2.31. The van der Waals surface area contributed by atoms with E-state index in [0.717, 1.165) is 17.3 Å². The van der Waals surface area contributed by atoms with Gasteiger partial charge in [-0.3, -0.25) is 14.9 Å². The fourth-order valence-electron chi connectivity index (χ4n) is 2.80. The van der Waals surface area contributed by atoms with E-state index in [0.29, 0.717) is 16.0 Å². The molecule has 6 heteroatoms. The number of hydrogen-bond donors (Lipinski definition) is 0. The predicted octanol–water partition coefficient (Wildman–Crippen LogP) is 6.62. The molecule has 150 valence electrons. The van der Waals surface area contributed by atoms with E-state index in [1.165, 1.54) is 49.9 Å². The van der Waals surface area contributed by atoms with Crippen LogP contribution in [0.1, 0.15) is 54.9 Å². The molecule has 0 aliphatic carbocycles. The van der Waals surface area contributed by atoms with Crippen LogP contribution >= 0.6 is 23.5 Å². The van der Waals surface area contributed by atoms with Crippen LogP contribution in [0.15, 0.2) is 53.4 Å². The number of carbonyl (C=O) groups excluding carboxylic acids is 1. The highest BCUT2D eigenvalue weighted by molar-refractivity contribution is 8.03. The maximum Gasteiger partial charge on any atom is 0.283 e. The van der Waals surface area contributed by atoms with Crippen LogP contribution in [0.4, 0.5) is 5.69 Å². The van der Waals surface area contributed by atoms with Crippen LogP contribution in [0.3, 0.4) is 0 Å². The molecule has 0 N–H and O–H groups in total. The van der Waals surface area contributed by atoms with E-state index < -0.39 is 4.92 Å². The third kappa shape index (κ3) is 7.32. The van der Waals surface area contributed by atoms with Crippen LogP contribution in [0.2, 0.25) is 0 Å². The van der Waals surface area contributed by atoms with Gasteiger partial charge in [-0.2, -0.15) is 11.8 Å². The van der Waals surface area contributed by atoms with E-state index in [2.05, 4.69) is 6.92 Å². The van der Waals surface area contributed by atoms with E-state index in [1.54, 1.807) is 36.4 Å². The molecule has 2 aromatic rings. The standard InChI is InChI=1S/C22H27NO3S2/c1-2-3-4-5-9-14-27-15-16-28-21-13-12-19(17-20(21)23(25)26)22(24)18-10-7-6-8-11-18/h6-8,10-13,17H,2-5,9,14-16H2,1H3. The maximum absolute atomic E-state index is 12.5. The van der Waals surface area contributed by atoms with Crippen molar-refractivity contribution in [3.05, 3.63) is 69.8 Å². The Labute approximate surface area is 175 Å². The molecule has 2 aromatic carbocycles. The Hall–Kier alpha value is -1.79. The smallest absolute Gasteiger partial charge is 0.283 e. The molecule has 0 saturated heterocycles. The number of nitrogens with zero attached hydrogens (tertiary/aromatic N) is 1. The van der Waals surface area contributed by atoms with Crippen molar-refractivity contribution in [3.63, 3.8) is 0 Å². The van der Waals surface area contributed by atoms with Crippen molar-refractivity contribution < 1.29 is 9.72 Å². The Bertz CT molecular complexity index is 766. The normalized spacial score (nSPS) is 10.8. The lowest BCUT2D eigenvalue weighted by atomic mass is 10.0. The topological polar surface area (TPSA) is 60.2 Å². The molecule has 2 rings (SSSR count). The second-order valence-corrected chi connectivity index (χ2v) is 8.87. The monoisotopic (exact) mass is 417 g/mol. The van der Waals surface area contributed by atoms with E-state index in [4.69, 9.17) is 0 Å². The van der Waals surface area contributed by atoms with Gasteiger partial charge in [0.05, 0.1) is 9.82 Å². The molecule has 0 radical (unpaired) electrons. The zero-order chi connectivity index (χ0) is 20.2. The first-order valence-corrected chi connectivity index (χ1v) is 11.9. The first kappa shape index (κ1) is 22.5. The molecule has 0 aliphatic heterocycles. The van der Waals surface area contributed by atoms with Crippen molar-refractivity contribution in [2.75, 3.05) is 17.3 Å². The fourth-order valence-corrected chi connectivity index (χ4v) is 4.88. The van der Waals surface area contributed by atoms with Gasteiger partial charge >= 0.3 is 0 Å². The zero-order valence-corrected chi connectivity index (χ0v) is 17.9. The highest BCUT2D eigenvalue weighted by atomic mass is 32.2. The molecule has 4 nitrogen and oxygen atoms in total. The van der Waals surface area contributed by atoms with Gasteiger partial charge in [-0.05, 0) is 24.3 Å². The lowest BCUT2D eigenvalue weighted by Crippen LogP contribution is -2.03. The Balaban J connectivity index is 1.87. The number of rotatable bonds is 13. The summed E-state index contributed by atoms with van der Waals surface area (Å²) in [4.78, 5) is 24.2. The van der Waals surface area contributed by atoms with Crippen molar-refractivity contribution in [2.45, 2.75) is 43.9 Å². The largest absolute Gasteiger partial charge is 0.289 e. The number of nitro benzene ring substituents is 1. The summed E-state index contributed by atoms with van der Waals surface area (Å²) < 4.78 is 0. The van der Waals surface area contributed by atoms with E-state index >= 15 is 0 Å². The Morgan fingerprint density at radius 1 is 0.929 bits per heavy atom. The minimum absolute atomic E-state index is 0.0105. The Morgan fingerprint density at radius 2 is 1.68 bits per heavy atom. The maximum atomic E-state index is 12.5. The summed E-state index contributed by atoms with van der Waals surface area (Å²) in [6.45, 7) is 2.22. The van der Waals surface area contributed by atoms with Crippen molar-refractivity contribution >= 4 is 35.0 Å². The second kappa shape index (κ2) is 12.6. The first-order valence-electron chi connectivity index (χ1n) is 9.72. The summed E-state index contributed by atoms with van der Waals surface area (Å²) in [7, 11) is 0. The number of hydrogen-bond acceptors (Lipinski definition) is 5. The van der Waals surface area contributed by atoms with Gasteiger partial charge in [0.25, 0.3) is 5.69 Å². The molecule has 0 atom stereocenters. The van der Waals surface area contributed by atoms with Gasteiger partial charge in [-0.1, -0.05) is 62.9 Å². The molecule has 0 unspecified atom stereocenters. The summed E-state index contributed by atoms with van der Waals surface area (Å²) in [6.07, 6.45) is 6.42. The number of ketones is 1. The van der Waals surface area contributed by atoms with Gasteiger partial charge in [0.15, 0.2) is 5.78 Å². The molecule has 0 bridgehead atoms. The molecule has 28 heavy (non-hydrogen) atoms. The molecular formula is C22H27NO3S2. The third-order valence-corrected chi connectivity index (χ3v) is 6.72. The van der Waals surface area contributed by atoms with Crippen molar-refractivity contribution in [1.29, 1.82) is 0 Å². The lowest BCUT2D eigenvalue weighted by Gasteiger charge is -2.06. The van der Waals surface area contributed by atoms with Gasteiger partial charge in [-0.15, -0.1) is 11.8 Å². The zero-order valence-electron chi connectivity index (χ0n) is 16.3. The molecule has 0 spiro atoms. The Morgan fingerprint density at radius 3 is 2.39 bits per heavy atom. The van der Waals surface area contributed by atoms with Crippen molar-refractivity contribution in [3.8, 4) is 0 Å². The van der Waals surface area contributed by atoms with E-state index in [-0.39, 0.29) is 11.5 Å². The second-order valence-electron chi connectivity index (χ2n) is 6.51. The van der Waals surface area contributed by atoms with Crippen LogP contribution < -0.4 is 0 Å². The summed E-state index contributed by atoms with van der Waals surface area (Å²) >= 11 is 3.40. The quantitative estimate of drug-likeness (QED) is 0.120. The predicted molar refractivity (Wildman–Crippen MR) is 120 cm³/mol. The minimum Gasteiger partial charge on any atom is -0.289 e. The first-order chi connectivity index (χ1) is 13.6. The molecule has 0 fully saturated rings. The van der Waals surface area contributed by atoms with Crippen LogP contribution in [-0.2, 0) is 0 Å². The molecule has 0 aromatic heterocycles. The molecule has 0 amide bonds. The molecule has 0 saturated carbocycles. The van der Waals surface area contributed by atoms with Crippen molar-refractivity contribution in [2.24, 2.45) is 0 Å². The SMILES string of the molecule is CCCCCCCSCCSc1ccc(C(=O)c2ccccc2)cc1[N+](=O)[O-]. The van der Waals surface area contributed by atoms with E-state index in [9.17, 15) is 14.9 Å². The Kier molecular flexibility index (Phi) is 10.1. The lowest BCUT2D eigenvalue weighted by molar-refractivity contribution is -0.387. The number of benzene rings is 2. The van der Waals surface area contributed by atoms with Gasteiger partial charge in [0.2, 0.25) is 0 Å². The number of nitro groups is 1. The van der Waals surface area contributed by atoms with Crippen molar-refractivity contribution in [1.82, 2.24) is 0 Å². The number of unbranched alkanes of at least 4 members (excludes halogenated alkanes) is 4. The number of thioether (sulfide) groups is 2. The van der Waals surface area contributed by atoms with Crippen LogP contribution in [-0.4, -0.2) is 28.0 Å². The minimum atomic E-state index is -0.398. The van der Waals surface area contributed by atoms with Crippen LogP contribution in [0, 0.1) is 10.1 Å². The summed E-state index contributed by atoms with van der Waals surface area (Å²) in [6, 6.07) is 13.6. The molecular weight excluding hydrogens is 390 g/mol. The average Bonchev–Trinajstić information content (AvgIpc) is 2.72. The van der Waals surface area contributed by atoms with Crippen LogP contribution in [0.25, 0.3) is 0 Å². The number of carbonyl (C=O) groups is 1. The average molecular weight is 418 g/mol. The van der Waals surface area contributed by atoms with Crippen LogP contribution in [0.5, 0.6) is 0 Å². The van der Waals surface area contributed by atoms with Gasteiger partial charge in [0.1, 0.15) is 0 Å². The van der Waals surface area contributed by atoms with E-state index in [1.807, 2.05) is 17.8 Å². The summed E-state index contributed by atoms with van der Waals surface area (Å²) in [5, 5.41) is 11.5. The fraction of sp³-hybridized carbons (Fsp3) is 0.409. The highest BCUT2D eigenvalue weighted by Gasteiger charge is 2.18. The summed E-state index contributed by atoms with van der Waals surface area (Å²) in [5.41, 5.74) is 0.896. The molecule has 0 aliphatic rings. The molecule has 0 heterocycles. The van der Waals surface area contributed by atoms with Gasteiger partial charge < -0.3 is 0 Å². The van der Waals surface area contributed by atoms with Gasteiger partial charge in [-0.25, -0.2) is 0 Å².